The van der Waals surface area contributed by atoms with Gasteiger partial charge < -0.3 is 0 Å². The van der Waals surface area contributed by atoms with Crippen LogP contribution in [-0.2, 0) is 16.4 Å². The SMILES string of the molecule is Cc1ccc(S(N)(=O)=O)c(CCI)c1. The molecule has 78 valence electrons. The van der Waals surface area contributed by atoms with Crippen molar-refractivity contribution in [1.82, 2.24) is 0 Å². The Morgan fingerprint density at radius 1 is 1.43 bits per heavy atom. The van der Waals surface area contributed by atoms with Gasteiger partial charge in [0.2, 0.25) is 10.0 Å². The van der Waals surface area contributed by atoms with E-state index in [2.05, 4.69) is 22.6 Å². The minimum atomic E-state index is -3.58. The van der Waals surface area contributed by atoms with Gasteiger partial charge in [-0.3, -0.25) is 0 Å². The smallest absolute Gasteiger partial charge is 0.225 e. The summed E-state index contributed by atoms with van der Waals surface area (Å²) in [5.74, 6) is 0. The number of primary sulfonamides is 1. The molecule has 0 fully saturated rings. The van der Waals surface area contributed by atoms with Crippen molar-refractivity contribution in [1.29, 1.82) is 0 Å². The van der Waals surface area contributed by atoms with Crippen LogP contribution in [0.1, 0.15) is 11.1 Å². The monoisotopic (exact) mass is 325 g/mol. The van der Waals surface area contributed by atoms with E-state index in [4.69, 9.17) is 5.14 Å². The Balaban J connectivity index is 3.29. The second-order valence-electron chi connectivity index (χ2n) is 3.10. The molecule has 1 rings (SSSR count). The second-order valence-corrected chi connectivity index (χ2v) is 5.70. The second kappa shape index (κ2) is 4.59. The van der Waals surface area contributed by atoms with E-state index in [1.54, 1.807) is 12.1 Å². The lowest BCUT2D eigenvalue weighted by Gasteiger charge is -2.06. The molecule has 1 aromatic carbocycles. The van der Waals surface area contributed by atoms with Gasteiger partial charge in [0.15, 0.2) is 0 Å². The molecule has 0 aliphatic rings. The number of sulfonamides is 1. The summed E-state index contributed by atoms with van der Waals surface area (Å²) in [5, 5.41) is 5.11. The summed E-state index contributed by atoms with van der Waals surface area (Å²) in [6.45, 7) is 1.93. The van der Waals surface area contributed by atoms with Crippen molar-refractivity contribution >= 4 is 32.6 Å². The summed E-state index contributed by atoms with van der Waals surface area (Å²) in [7, 11) is -3.58. The van der Waals surface area contributed by atoms with Crippen LogP contribution in [0.5, 0.6) is 0 Å². The van der Waals surface area contributed by atoms with Crippen molar-refractivity contribution in [3.05, 3.63) is 29.3 Å². The number of hydrogen-bond donors (Lipinski definition) is 1. The highest BCUT2D eigenvalue weighted by molar-refractivity contribution is 14.1. The fraction of sp³-hybridized carbons (Fsp3) is 0.333. The predicted octanol–water partition coefficient (Wildman–Crippen LogP) is 1.62. The minimum absolute atomic E-state index is 0.250. The van der Waals surface area contributed by atoms with Crippen LogP contribution in [0.15, 0.2) is 23.1 Å². The first-order valence-electron chi connectivity index (χ1n) is 4.13. The molecule has 5 heteroatoms. The molecule has 3 nitrogen and oxygen atoms in total. The Kier molecular flexibility index (Phi) is 3.91. The third kappa shape index (κ3) is 2.93. The van der Waals surface area contributed by atoms with Crippen LogP contribution >= 0.6 is 22.6 Å². The Bertz CT molecular complexity index is 428. The summed E-state index contributed by atoms with van der Waals surface area (Å²) in [6, 6.07) is 5.21. The molecule has 0 atom stereocenters. The zero-order chi connectivity index (χ0) is 10.8. The van der Waals surface area contributed by atoms with E-state index in [9.17, 15) is 8.42 Å². The molecule has 0 radical (unpaired) electrons. The van der Waals surface area contributed by atoms with Crippen LogP contribution < -0.4 is 5.14 Å². The van der Waals surface area contributed by atoms with Crippen molar-refractivity contribution in [3.8, 4) is 0 Å². The summed E-state index contributed by atoms with van der Waals surface area (Å²) in [5.41, 5.74) is 1.86. The van der Waals surface area contributed by atoms with Gasteiger partial charge in [-0.15, -0.1) is 0 Å². The number of aryl methyl sites for hydroxylation is 2. The third-order valence-corrected chi connectivity index (χ3v) is 3.44. The quantitative estimate of drug-likeness (QED) is 0.678. The molecule has 0 aromatic heterocycles. The van der Waals surface area contributed by atoms with Crippen molar-refractivity contribution in [2.24, 2.45) is 5.14 Å². The van der Waals surface area contributed by atoms with E-state index in [-0.39, 0.29) is 4.90 Å². The van der Waals surface area contributed by atoms with Crippen molar-refractivity contribution in [2.45, 2.75) is 18.2 Å². The van der Waals surface area contributed by atoms with E-state index in [1.165, 1.54) is 0 Å². The van der Waals surface area contributed by atoms with Gasteiger partial charge in [-0.1, -0.05) is 40.3 Å². The lowest BCUT2D eigenvalue weighted by molar-refractivity contribution is 0.597. The topological polar surface area (TPSA) is 60.2 Å². The molecule has 14 heavy (non-hydrogen) atoms. The molecular weight excluding hydrogens is 313 g/mol. The predicted molar refractivity (Wildman–Crippen MR) is 65.1 cm³/mol. The minimum Gasteiger partial charge on any atom is -0.225 e. The maximum Gasteiger partial charge on any atom is 0.238 e. The van der Waals surface area contributed by atoms with Gasteiger partial charge in [0.1, 0.15) is 0 Å². The molecule has 0 bridgehead atoms. The van der Waals surface area contributed by atoms with E-state index in [0.717, 1.165) is 22.0 Å². The Morgan fingerprint density at radius 2 is 2.07 bits per heavy atom. The zero-order valence-corrected chi connectivity index (χ0v) is 10.8. The van der Waals surface area contributed by atoms with Gasteiger partial charge in [-0.05, 0) is 25.0 Å². The zero-order valence-electron chi connectivity index (χ0n) is 7.83. The van der Waals surface area contributed by atoms with Crippen LogP contribution in [0.4, 0.5) is 0 Å². The van der Waals surface area contributed by atoms with Crippen LogP contribution in [-0.4, -0.2) is 12.8 Å². The van der Waals surface area contributed by atoms with Crippen molar-refractivity contribution in [2.75, 3.05) is 4.43 Å². The average molecular weight is 325 g/mol. The highest BCUT2D eigenvalue weighted by Crippen LogP contribution is 2.17. The first-order chi connectivity index (χ1) is 6.45. The van der Waals surface area contributed by atoms with Gasteiger partial charge in [-0.25, -0.2) is 13.6 Å². The lowest BCUT2D eigenvalue weighted by atomic mass is 10.1. The Hall–Kier alpha value is -0.140. The number of nitrogens with two attached hydrogens (primary N) is 1. The summed E-state index contributed by atoms with van der Waals surface area (Å²) >= 11 is 2.21. The first-order valence-corrected chi connectivity index (χ1v) is 7.20. The maximum absolute atomic E-state index is 11.2. The highest BCUT2D eigenvalue weighted by atomic mass is 127. The standard InChI is InChI=1S/C9H12INO2S/c1-7-2-3-9(14(11,12)13)8(6-7)4-5-10/h2-3,6H,4-5H2,1H3,(H2,11,12,13). The van der Waals surface area contributed by atoms with Crippen molar-refractivity contribution in [3.63, 3.8) is 0 Å². The summed E-state index contributed by atoms with van der Waals surface area (Å²) < 4.78 is 23.3. The number of rotatable bonds is 3. The fourth-order valence-corrected chi connectivity index (χ4v) is 2.65. The van der Waals surface area contributed by atoms with E-state index < -0.39 is 10.0 Å². The molecular formula is C9H12INO2S. The molecule has 0 aliphatic heterocycles. The number of benzene rings is 1. The molecule has 0 amide bonds. The number of halogens is 1. The fourth-order valence-electron chi connectivity index (χ4n) is 1.28. The van der Waals surface area contributed by atoms with Crippen LogP contribution in [0, 0.1) is 6.92 Å². The van der Waals surface area contributed by atoms with Gasteiger partial charge in [0, 0.05) is 4.43 Å². The molecule has 0 spiro atoms. The van der Waals surface area contributed by atoms with E-state index in [0.29, 0.717) is 0 Å². The third-order valence-electron chi connectivity index (χ3n) is 1.89. The van der Waals surface area contributed by atoms with Gasteiger partial charge in [0.25, 0.3) is 0 Å². The lowest BCUT2D eigenvalue weighted by Crippen LogP contribution is -2.14. The van der Waals surface area contributed by atoms with Gasteiger partial charge in [-0.2, -0.15) is 0 Å². The molecule has 2 N–H and O–H groups in total. The summed E-state index contributed by atoms with van der Waals surface area (Å²) in [4.78, 5) is 0.250. The normalized spacial score (nSPS) is 11.6. The molecule has 0 saturated carbocycles. The van der Waals surface area contributed by atoms with Crippen LogP contribution in [0.2, 0.25) is 0 Å². The van der Waals surface area contributed by atoms with E-state index >= 15 is 0 Å². The first kappa shape index (κ1) is 11.9. The number of hydrogen-bond acceptors (Lipinski definition) is 2. The van der Waals surface area contributed by atoms with Crippen molar-refractivity contribution < 1.29 is 8.42 Å². The molecule has 0 unspecified atom stereocenters. The van der Waals surface area contributed by atoms with Crippen LogP contribution in [0.3, 0.4) is 0 Å². The molecule has 0 aliphatic carbocycles. The average Bonchev–Trinajstić information content (AvgIpc) is 2.02. The van der Waals surface area contributed by atoms with Gasteiger partial charge in [0.05, 0.1) is 4.90 Å². The van der Waals surface area contributed by atoms with Gasteiger partial charge >= 0.3 is 0 Å². The molecule has 1 aromatic rings. The molecule has 0 heterocycles. The Labute approximate surface area is 97.9 Å². The highest BCUT2D eigenvalue weighted by Gasteiger charge is 2.12. The Morgan fingerprint density at radius 3 is 2.57 bits per heavy atom. The largest absolute Gasteiger partial charge is 0.238 e. The maximum atomic E-state index is 11.2. The summed E-state index contributed by atoms with van der Waals surface area (Å²) in [6.07, 6.45) is 0.730. The van der Waals surface area contributed by atoms with Crippen LogP contribution in [0.25, 0.3) is 0 Å². The number of alkyl halides is 1. The van der Waals surface area contributed by atoms with E-state index in [1.807, 2.05) is 13.0 Å². The molecule has 0 saturated heterocycles.